The molecule has 0 bridgehead atoms. The zero-order valence-corrected chi connectivity index (χ0v) is 8.13. The molecule has 0 atom stereocenters. The number of aromatic amines is 1. The van der Waals surface area contributed by atoms with Crippen LogP contribution in [0, 0.1) is 0 Å². The number of nitrogens with one attached hydrogen (secondary N) is 1. The molecule has 2 rings (SSSR count). The van der Waals surface area contributed by atoms with Crippen molar-refractivity contribution < 1.29 is 0 Å². The van der Waals surface area contributed by atoms with Crippen LogP contribution < -0.4 is 11.1 Å². The standard InChI is InChI=1S/C9H7ClN2O2/c1-12-9(14)5-3-2-4-6(10)7(5)8(13)11-12/h2-4H,1H3,(H,11,13). The third-order valence-electron chi connectivity index (χ3n) is 2.04. The lowest BCUT2D eigenvalue weighted by Gasteiger charge is -2.01. The fourth-order valence-corrected chi connectivity index (χ4v) is 1.63. The minimum Gasteiger partial charge on any atom is -0.267 e. The highest BCUT2D eigenvalue weighted by molar-refractivity contribution is 6.35. The van der Waals surface area contributed by atoms with E-state index >= 15 is 0 Å². The zero-order valence-electron chi connectivity index (χ0n) is 7.37. The van der Waals surface area contributed by atoms with Crippen LogP contribution in [0.1, 0.15) is 0 Å². The van der Waals surface area contributed by atoms with Crippen LogP contribution in [0.3, 0.4) is 0 Å². The van der Waals surface area contributed by atoms with Gasteiger partial charge in [0, 0.05) is 7.05 Å². The molecule has 1 aromatic heterocycles. The number of aryl methyl sites for hydroxylation is 1. The van der Waals surface area contributed by atoms with Crippen LogP contribution in [0.5, 0.6) is 0 Å². The highest BCUT2D eigenvalue weighted by atomic mass is 35.5. The molecule has 0 unspecified atom stereocenters. The van der Waals surface area contributed by atoms with Crippen LogP contribution in [0.15, 0.2) is 27.8 Å². The number of hydrogen-bond donors (Lipinski definition) is 1. The van der Waals surface area contributed by atoms with E-state index < -0.39 is 0 Å². The topological polar surface area (TPSA) is 54.9 Å². The molecule has 14 heavy (non-hydrogen) atoms. The second-order valence-corrected chi connectivity index (χ2v) is 3.37. The number of fused-ring (bicyclic) bond motifs is 1. The van der Waals surface area contributed by atoms with Crippen molar-refractivity contribution in [3.05, 3.63) is 43.9 Å². The summed E-state index contributed by atoms with van der Waals surface area (Å²) in [4.78, 5) is 23.0. The molecular weight excluding hydrogens is 204 g/mol. The Bertz CT molecular complexity index is 612. The average molecular weight is 211 g/mol. The second kappa shape index (κ2) is 2.99. The van der Waals surface area contributed by atoms with Crippen molar-refractivity contribution >= 4 is 22.4 Å². The lowest BCUT2D eigenvalue weighted by molar-refractivity contribution is 0.704. The van der Waals surface area contributed by atoms with E-state index in [4.69, 9.17) is 11.6 Å². The lowest BCUT2D eigenvalue weighted by atomic mass is 10.2. The Morgan fingerprint density at radius 1 is 1.36 bits per heavy atom. The van der Waals surface area contributed by atoms with E-state index in [2.05, 4.69) is 5.10 Å². The molecule has 0 spiro atoms. The summed E-state index contributed by atoms with van der Waals surface area (Å²) in [5.41, 5.74) is -0.616. The predicted molar refractivity (Wildman–Crippen MR) is 54.8 cm³/mol. The van der Waals surface area contributed by atoms with Gasteiger partial charge in [-0.25, -0.2) is 0 Å². The van der Waals surface area contributed by atoms with Crippen LogP contribution in [-0.2, 0) is 7.05 Å². The van der Waals surface area contributed by atoms with E-state index in [0.717, 1.165) is 4.68 Å². The molecule has 1 aromatic carbocycles. The first kappa shape index (κ1) is 9.02. The summed E-state index contributed by atoms with van der Waals surface area (Å²) in [6.45, 7) is 0. The second-order valence-electron chi connectivity index (χ2n) is 2.97. The van der Waals surface area contributed by atoms with Crippen LogP contribution in [-0.4, -0.2) is 9.78 Å². The van der Waals surface area contributed by atoms with Gasteiger partial charge in [0.25, 0.3) is 11.1 Å². The number of benzene rings is 1. The first-order chi connectivity index (χ1) is 6.61. The Morgan fingerprint density at radius 2 is 2.07 bits per heavy atom. The van der Waals surface area contributed by atoms with Crippen molar-refractivity contribution in [2.24, 2.45) is 7.05 Å². The third-order valence-corrected chi connectivity index (χ3v) is 2.36. The van der Waals surface area contributed by atoms with Gasteiger partial charge in [-0.3, -0.25) is 19.4 Å². The Labute approximate surface area is 83.7 Å². The minimum absolute atomic E-state index is 0.247. The van der Waals surface area contributed by atoms with E-state index in [9.17, 15) is 9.59 Å². The number of halogens is 1. The first-order valence-electron chi connectivity index (χ1n) is 3.99. The largest absolute Gasteiger partial charge is 0.272 e. The molecule has 0 radical (unpaired) electrons. The van der Waals surface area contributed by atoms with Gasteiger partial charge in [-0.1, -0.05) is 17.7 Å². The van der Waals surface area contributed by atoms with E-state index in [0.29, 0.717) is 10.4 Å². The molecule has 1 N–H and O–H groups in total. The van der Waals surface area contributed by atoms with Crippen molar-refractivity contribution in [2.75, 3.05) is 0 Å². The lowest BCUT2D eigenvalue weighted by Crippen LogP contribution is -2.27. The average Bonchev–Trinajstić information content (AvgIpc) is 2.14. The summed E-state index contributed by atoms with van der Waals surface area (Å²) in [7, 11) is 1.49. The van der Waals surface area contributed by atoms with Gasteiger partial charge in [-0.15, -0.1) is 0 Å². The number of aromatic nitrogens is 2. The quantitative estimate of drug-likeness (QED) is 0.702. The van der Waals surface area contributed by atoms with Gasteiger partial charge >= 0.3 is 0 Å². The number of hydrogen-bond acceptors (Lipinski definition) is 2. The van der Waals surface area contributed by atoms with Gasteiger partial charge in [-0.2, -0.15) is 0 Å². The smallest absolute Gasteiger partial charge is 0.267 e. The van der Waals surface area contributed by atoms with Crippen LogP contribution in [0.4, 0.5) is 0 Å². The fraction of sp³-hybridized carbons (Fsp3) is 0.111. The van der Waals surface area contributed by atoms with Gasteiger partial charge in [0.2, 0.25) is 0 Å². The highest BCUT2D eigenvalue weighted by Crippen LogP contribution is 2.16. The van der Waals surface area contributed by atoms with Gasteiger partial charge in [0.15, 0.2) is 0 Å². The molecule has 0 aliphatic rings. The van der Waals surface area contributed by atoms with Crippen molar-refractivity contribution in [1.82, 2.24) is 9.78 Å². The molecule has 0 saturated carbocycles. The molecular formula is C9H7ClN2O2. The van der Waals surface area contributed by atoms with Crippen molar-refractivity contribution in [2.45, 2.75) is 0 Å². The summed E-state index contributed by atoms with van der Waals surface area (Å²) in [5, 5.41) is 3.26. The molecule has 0 saturated heterocycles. The van der Waals surface area contributed by atoms with Gasteiger partial charge < -0.3 is 0 Å². The van der Waals surface area contributed by atoms with E-state index in [1.807, 2.05) is 0 Å². The third kappa shape index (κ3) is 1.15. The molecule has 0 fully saturated rings. The predicted octanol–water partition coefficient (Wildman–Crippen LogP) is 0.880. The monoisotopic (exact) mass is 210 g/mol. The van der Waals surface area contributed by atoms with Crippen LogP contribution in [0.2, 0.25) is 5.02 Å². The Hall–Kier alpha value is -1.55. The summed E-state index contributed by atoms with van der Waals surface area (Å²) in [6, 6.07) is 4.81. The fourth-order valence-electron chi connectivity index (χ4n) is 1.37. The molecule has 2 aromatic rings. The normalized spacial score (nSPS) is 10.7. The molecule has 0 aliphatic carbocycles. The maximum Gasteiger partial charge on any atom is 0.272 e. The van der Waals surface area contributed by atoms with Gasteiger partial charge in [0.05, 0.1) is 15.8 Å². The van der Waals surface area contributed by atoms with Gasteiger partial charge in [-0.05, 0) is 12.1 Å². The summed E-state index contributed by atoms with van der Waals surface area (Å²) < 4.78 is 1.14. The van der Waals surface area contributed by atoms with Crippen molar-refractivity contribution in [1.29, 1.82) is 0 Å². The molecule has 4 nitrogen and oxygen atoms in total. The van der Waals surface area contributed by atoms with Crippen LogP contribution >= 0.6 is 11.6 Å². The molecule has 72 valence electrons. The molecule has 0 amide bonds. The number of H-pyrrole nitrogens is 1. The number of rotatable bonds is 0. The highest BCUT2D eigenvalue weighted by Gasteiger charge is 2.07. The Morgan fingerprint density at radius 3 is 2.79 bits per heavy atom. The maximum atomic E-state index is 11.6. The maximum absolute atomic E-state index is 11.6. The zero-order chi connectivity index (χ0) is 10.3. The Balaban J connectivity index is 3.18. The first-order valence-corrected chi connectivity index (χ1v) is 4.36. The Kier molecular flexibility index (Phi) is 1.93. The van der Waals surface area contributed by atoms with Crippen LogP contribution in [0.25, 0.3) is 10.8 Å². The number of nitrogens with zero attached hydrogens (tertiary/aromatic N) is 1. The van der Waals surface area contributed by atoms with E-state index in [1.165, 1.54) is 7.05 Å². The molecule has 5 heteroatoms. The van der Waals surface area contributed by atoms with E-state index in [1.54, 1.807) is 18.2 Å². The van der Waals surface area contributed by atoms with Gasteiger partial charge in [0.1, 0.15) is 0 Å². The van der Waals surface area contributed by atoms with Crippen molar-refractivity contribution in [3.8, 4) is 0 Å². The molecule has 0 aliphatic heterocycles. The minimum atomic E-state index is -0.354. The van der Waals surface area contributed by atoms with E-state index in [-0.39, 0.29) is 16.5 Å². The summed E-state index contributed by atoms with van der Waals surface area (Å²) in [5.74, 6) is 0. The molecule has 1 heterocycles. The van der Waals surface area contributed by atoms with Crippen molar-refractivity contribution in [3.63, 3.8) is 0 Å². The summed E-state index contributed by atoms with van der Waals surface area (Å²) >= 11 is 5.82. The summed E-state index contributed by atoms with van der Waals surface area (Å²) in [6.07, 6.45) is 0. The SMILES string of the molecule is Cn1[nH]c(=O)c2c(Cl)cccc2c1=O.